The van der Waals surface area contributed by atoms with Crippen LogP contribution in [0.2, 0.25) is 0 Å². The van der Waals surface area contributed by atoms with Gasteiger partial charge in [0.2, 0.25) is 17.7 Å². The molecule has 1 unspecified atom stereocenters. The Balaban J connectivity index is 1.47. The minimum Gasteiger partial charge on any atom is -0.497 e. The lowest BCUT2D eigenvalue weighted by Crippen LogP contribution is -2.58. The molecule has 0 spiro atoms. The highest BCUT2D eigenvalue weighted by molar-refractivity contribution is 6.12. The number of amidine groups is 1. The van der Waals surface area contributed by atoms with E-state index in [1.165, 1.54) is 0 Å². The van der Waals surface area contributed by atoms with E-state index in [1.807, 2.05) is 48.5 Å². The highest BCUT2D eigenvalue weighted by Gasteiger charge is 2.45. The van der Waals surface area contributed by atoms with Gasteiger partial charge in [-0.05, 0) is 35.4 Å². The van der Waals surface area contributed by atoms with Gasteiger partial charge in [0.05, 0.1) is 13.7 Å². The first-order valence-corrected chi connectivity index (χ1v) is 12.7. The quantitative estimate of drug-likeness (QED) is 0.375. The third kappa shape index (κ3) is 5.69. The van der Waals surface area contributed by atoms with Crippen LogP contribution in [0.15, 0.2) is 95.0 Å². The molecule has 0 aromatic heterocycles. The lowest BCUT2D eigenvalue weighted by Gasteiger charge is -2.32. The Morgan fingerprint density at radius 2 is 1.70 bits per heavy atom. The summed E-state index contributed by atoms with van der Waals surface area (Å²) in [6, 6.07) is 22.4. The van der Waals surface area contributed by atoms with Crippen LogP contribution in [0.5, 0.6) is 5.75 Å². The van der Waals surface area contributed by atoms with E-state index < -0.39 is 35.8 Å². The summed E-state index contributed by atoms with van der Waals surface area (Å²) in [4.78, 5) is 44.2. The Morgan fingerprint density at radius 1 is 1.02 bits per heavy atom. The van der Waals surface area contributed by atoms with Gasteiger partial charge in [-0.15, -0.1) is 10.1 Å². The number of hydrogen-bond acceptors (Lipinski definition) is 8. The largest absolute Gasteiger partial charge is 0.497 e. The Kier molecular flexibility index (Phi) is 7.83. The Morgan fingerprint density at radius 3 is 2.35 bits per heavy atom. The van der Waals surface area contributed by atoms with Crippen molar-refractivity contribution in [2.24, 2.45) is 15.8 Å². The van der Waals surface area contributed by atoms with Crippen LogP contribution in [0.3, 0.4) is 0 Å². The van der Waals surface area contributed by atoms with Crippen molar-refractivity contribution in [2.75, 3.05) is 13.7 Å². The molecule has 0 bridgehead atoms. The van der Waals surface area contributed by atoms with Crippen molar-refractivity contribution < 1.29 is 23.9 Å². The zero-order valence-electron chi connectivity index (χ0n) is 21.7. The molecule has 0 saturated heterocycles. The molecule has 11 heteroatoms. The summed E-state index contributed by atoms with van der Waals surface area (Å²) in [7, 11) is 1.55. The molecule has 0 radical (unpaired) electrons. The number of fused-ring (bicyclic) bond motifs is 1. The first-order chi connectivity index (χ1) is 19.5. The van der Waals surface area contributed by atoms with Crippen molar-refractivity contribution in [3.05, 3.63) is 102 Å². The fourth-order valence-corrected chi connectivity index (χ4v) is 4.44. The van der Waals surface area contributed by atoms with Crippen molar-refractivity contribution in [2.45, 2.75) is 24.5 Å². The number of carbonyl (C=O) groups is 3. The van der Waals surface area contributed by atoms with E-state index in [1.54, 1.807) is 43.5 Å². The molecule has 2 aliphatic rings. The van der Waals surface area contributed by atoms with Crippen LogP contribution in [0.1, 0.15) is 22.7 Å². The van der Waals surface area contributed by atoms with Gasteiger partial charge in [0.15, 0.2) is 0 Å². The second kappa shape index (κ2) is 11.8. The second-order valence-electron chi connectivity index (χ2n) is 9.15. The van der Waals surface area contributed by atoms with Gasteiger partial charge in [0.25, 0.3) is 5.91 Å². The average molecular weight is 541 g/mol. The lowest BCUT2D eigenvalue weighted by molar-refractivity contribution is -0.136. The number of benzene rings is 3. The van der Waals surface area contributed by atoms with Gasteiger partial charge in [-0.25, -0.2) is 4.99 Å². The first-order valence-electron chi connectivity index (χ1n) is 12.7. The lowest BCUT2D eigenvalue weighted by atomic mass is 9.96. The standard InChI is InChI=1S/C29H28N6O5/c1-39-21-14-12-19(13-15-21)24-25(28(38)35-29(33-24)40-27(34-35)20-10-6-3-7-11-20)32-26(37)22(31-23(36)17-30)16-18-8-4-2-5-9-18/h2-15,22,24-25H,16-17,30H2,1H3,(H,31,36)(H,32,37)/t22?,24-,25+/m1/s1. The molecule has 2 aliphatic heterocycles. The van der Waals surface area contributed by atoms with Crippen molar-refractivity contribution in [1.29, 1.82) is 0 Å². The number of carbonyl (C=O) groups excluding carboxylic acids is 3. The van der Waals surface area contributed by atoms with Crippen LogP contribution in [0.4, 0.5) is 0 Å². The molecule has 3 aromatic rings. The SMILES string of the molecule is COc1ccc([C@H]2N=C3OC(c4ccccc4)=NN3C(=O)[C@H]2NC(=O)C(Cc2ccccc2)NC(=O)CN)cc1. The van der Waals surface area contributed by atoms with Crippen LogP contribution >= 0.6 is 0 Å². The van der Waals surface area contributed by atoms with Crippen LogP contribution in [0, 0.1) is 0 Å². The van der Waals surface area contributed by atoms with E-state index in [4.69, 9.17) is 15.2 Å². The average Bonchev–Trinajstić information content (AvgIpc) is 3.44. The fourth-order valence-electron chi connectivity index (χ4n) is 4.44. The van der Waals surface area contributed by atoms with Gasteiger partial charge in [-0.2, -0.15) is 0 Å². The van der Waals surface area contributed by atoms with E-state index in [9.17, 15) is 14.4 Å². The Hall–Kier alpha value is -5.03. The van der Waals surface area contributed by atoms with Crippen LogP contribution in [0.25, 0.3) is 0 Å². The number of nitrogens with one attached hydrogen (secondary N) is 2. The summed E-state index contributed by atoms with van der Waals surface area (Å²) in [6.07, 6.45) is 0.199. The van der Waals surface area contributed by atoms with Crippen molar-refractivity contribution in [3.8, 4) is 5.75 Å². The molecule has 40 heavy (non-hydrogen) atoms. The number of hydrazone groups is 1. The van der Waals surface area contributed by atoms with Crippen LogP contribution < -0.4 is 21.1 Å². The molecule has 5 rings (SSSR count). The molecule has 0 saturated carbocycles. The molecule has 204 valence electrons. The molecule has 3 atom stereocenters. The van der Waals surface area contributed by atoms with Gasteiger partial charge in [-0.3, -0.25) is 14.4 Å². The van der Waals surface area contributed by atoms with Gasteiger partial charge >= 0.3 is 6.02 Å². The predicted octanol–water partition coefficient (Wildman–Crippen LogP) is 1.50. The normalized spacial score (nSPS) is 18.6. The maximum atomic E-state index is 13.8. The monoisotopic (exact) mass is 540 g/mol. The number of methoxy groups -OCH3 is 1. The molecule has 3 amide bonds. The molecule has 2 heterocycles. The maximum Gasteiger partial charge on any atom is 0.323 e. The molecule has 4 N–H and O–H groups in total. The number of nitrogens with two attached hydrogens (primary N) is 1. The van der Waals surface area contributed by atoms with Crippen LogP contribution in [-0.4, -0.2) is 60.4 Å². The molecule has 11 nitrogen and oxygen atoms in total. The number of nitrogens with zero attached hydrogens (tertiary/aromatic N) is 3. The second-order valence-corrected chi connectivity index (χ2v) is 9.15. The smallest absolute Gasteiger partial charge is 0.323 e. The topological polar surface area (TPSA) is 148 Å². The van der Waals surface area contributed by atoms with Crippen molar-refractivity contribution >= 4 is 29.6 Å². The third-order valence-electron chi connectivity index (χ3n) is 6.50. The highest BCUT2D eigenvalue weighted by atomic mass is 16.5. The summed E-state index contributed by atoms with van der Waals surface area (Å²) >= 11 is 0. The minimum atomic E-state index is -1.14. The van der Waals surface area contributed by atoms with Gasteiger partial charge in [0, 0.05) is 12.0 Å². The molecule has 0 aliphatic carbocycles. The zero-order chi connectivity index (χ0) is 28.1. The van der Waals surface area contributed by atoms with E-state index in [0.29, 0.717) is 16.9 Å². The Bertz CT molecular complexity index is 1440. The molecule has 3 aromatic carbocycles. The van der Waals surface area contributed by atoms with Crippen molar-refractivity contribution in [3.63, 3.8) is 0 Å². The van der Waals surface area contributed by atoms with Gasteiger partial charge < -0.3 is 25.8 Å². The molecule has 0 fully saturated rings. The maximum absolute atomic E-state index is 13.8. The molecular formula is C29H28N6O5. The van der Waals surface area contributed by atoms with Crippen LogP contribution in [-0.2, 0) is 25.5 Å². The fraction of sp³-hybridized carbons (Fsp3) is 0.207. The minimum absolute atomic E-state index is 0.00689. The summed E-state index contributed by atoms with van der Waals surface area (Å²) in [6.45, 7) is -0.287. The van der Waals surface area contributed by atoms with E-state index in [-0.39, 0.29) is 24.9 Å². The third-order valence-corrected chi connectivity index (χ3v) is 6.50. The van der Waals surface area contributed by atoms with E-state index in [2.05, 4.69) is 20.7 Å². The summed E-state index contributed by atoms with van der Waals surface area (Å²) in [5.74, 6) is -0.754. The Labute approximate surface area is 230 Å². The number of aliphatic imine (C=N–C) groups is 1. The van der Waals surface area contributed by atoms with Crippen molar-refractivity contribution in [1.82, 2.24) is 15.6 Å². The number of ether oxygens (including phenoxy) is 2. The van der Waals surface area contributed by atoms with E-state index in [0.717, 1.165) is 10.6 Å². The predicted molar refractivity (Wildman–Crippen MR) is 147 cm³/mol. The summed E-state index contributed by atoms with van der Waals surface area (Å²) < 4.78 is 11.1. The van der Waals surface area contributed by atoms with Gasteiger partial charge in [-0.1, -0.05) is 60.7 Å². The number of rotatable bonds is 9. The molecular weight excluding hydrogens is 512 g/mol. The first kappa shape index (κ1) is 26.6. The van der Waals surface area contributed by atoms with Gasteiger partial charge in [0.1, 0.15) is 23.9 Å². The summed E-state index contributed by atoms with van der Waals surface area (Å²) in [5.41, 5.74) is 7.64. The zero-order valence-corrected chi connectivity index (χ0v) is 21.7. The highest BCUT2D eigenvalue weighted by Crippen LogP contribution is 2.31. The number of amides is 3. The summed E-state index contributed by atoms with van der Waals surface area (Å²) in [5, 5.41) is 10.9. The number of hydrogen-bond donors (Lipinski definition) is 3. The van der Waals surface area contributed by atoms with E-state index >= 15 is 0 Å².